The zero-order valence-electron chi connectivity index (χ0n) is 12.9. The van der Waals surface area contributed by atoms with E-state index in [1.807, 2.05) is 13.8 Å². The number of ether oxygens (including phenoxy) is 2. The van der Waals surface area contributed by atoms with Crippen LogP contribution in [0.25, 0.3) is 0 Å². The molecule has 3 rings (SSSR count). The average molecular weight is 288 g/mol. The van der Waals surface area contributed by atoms with Crippen molar-refractivity contribution in [1.29, 1.82) is 0 Å². The van der Waals surface area contributed by atoms with Crippen LogP contribution in [0.5, 0.6) is 0 Å². The fourth-order valence-corrected chi connectivity index (χ4v) is 3.44. The van der Waals surface area contributed by atoms with Crippen LogP contribution in [-0.2, 0) is 19.9 Å². The highest BCUT2D eigenvalue weighted by molar-refractivity contribution is 5.79. The maximum Gasteiger partial charge on any atom is 0.338 e. The summed E-state index contributed by atoms with van der Waals surface area (Å²) in [6.07, 6.45) is 6.23. The quantitative estimate of drug-likeness (QED) is 0.623. The first-order valence-corrected chi connectivity index (χ1v) is 8.10. The van der Waals surface area contributed by atoms with Gasteiger partial charge in [0.05, 0.1) is 6.61 Å². The minimum absolute atomic E-state index is 0.253. The highest BCUT2D eigenvalue weighted by Gasteiger charge is 2.59. The van der Waals surface area contributed by atoms with Gasteiger partial charge in [0.1, 0.15) is 5.60 Å². The number of hydrogen-bond donors (Lipinski definition) is 0. The fourth-order valence-electron chi connectivity index (χ4n) is 3.44. The van der Waals surface area contributed by atoms with Gasteiger partial charge >= 0.3 is 5.97 Å². The van der Waals surface area contributed by atoms with Gasteiger partial charge in [0.15, 0.2) is 6.10 Å². The Balaban J connectivity index is 1.68. The normalized spacial score (nSPS) is 29.1. The smallest absolute Gasteiger partial charge is 0.338 e. The Hall–Kier alpha value is -1.35. The van der Waals surface area contributed by atoms with Gasteiger partial charge in [-0.25, -0.2) is 4.79 Å². The van der Waals surface area contributed by atoms with E-state index < -0.39 is 11.7 Å². The molecule has 1 aromatic rings. The Morgan fingerprint density at radius 2 is 1.90 bits per heavy atom. The van der Waals surface area contributed by atoms with Gasteiger partial charge in [0.2, 0.25) is 0 Å². The number of rotatable bonds is 4. The maximum atomic E-state index is 11.8. The van der Waals surface area contributed by atoms with Crippen LogP contribution < -0.4 is 0 Å². The summed E-state index contributed by atoms with van der Waals surface area (Å²) in [5.74, 6) is 0.456. The largest absolute Gasteiger partial charge is 0.464 e. The minimum atomic E-state index is -0.503. The summed E-state index contributed by atoms with van der Waals surface area (Å²) in [4.78, 5) is 11.8. The number of esters is 1. The van der Waals surface area contributed by atoms with Crippen molar-refractivity contribution in [2.75, 3.05) is 6.61 Å². The number of carbonyl (C=O) groups excluding carboxylic acids is 1. The summed E-state index contributed by atoms with van der Waals surface area (Å²) < 4.78 is 10.7. The van der Waals surface area contributed by atoms with Gasteiger partial charge in [-0.3, -0.25) is 0 Å². The number of hydrogen-bond acceptors (Lipinski definition) is 3. The van der Waals surface area contributed by atoms with E-state index in [0.717, 1.165) is 5.56 Å². The topological polar surface area (TPSA) is 38.8 Å². The molecule has 2 fully saturated rings. The molecule has 0 bridgehead atoms. The number of benzene rings is 1. The Kier molecular flexibility index (Phi) is 4.03. The van der Waals surface area contributed by atoms with Crippen LogP contribution in [0.15, 0.2) is 24.3 Å². The van der Waals surface area contributed by atoms with E-state index in [2.05, 4.69) is 24.3 Å². The van der Waals surface area contributed by atoms with Gasteiger partial charge in [-0.1, -0.05) is 43.5 Å². The maximum absolute atomic E-state index is 11.8. The zero-order valence-corrected chi connectivity index (χ0v) is 12.9. The lowest BCUT2D eigenvalue weighted by Gasteiger charge is -2.22. The van der Waals surface area contributed by atoms with Crippen LogP contribution in [0.1, 0.15) is 63.0 Å². The summed E-state index contributed by atoms with van der Waals surface area (Å²) in [5, 5.41) is 0. The SMILES string of the molecule is CCOC(=O)C1OC1(C)c1ccc(C2CCCCC2)cc1. The highest BCUT2D eigenvalue weighted by atomic mass is 16.7. The highest BCUT2D eigenvalue weighted by Crippen LogP contribution is 2.47. The number of epoxide rings is 1. The summed E-state index contributed by atoms with van der Waals surface area (Å²) in [5.41, 5.74) is 1.99. The second kappa shape index (κ2) is 5.80. The third kappa shape index (κ3) is 2.84. The molecular weight excluding hydrogens is 264 g/mol. The molecule has 3 nitrogen and oxygen atoms in total. The van der Waals surface area contributed by atoms with Gasteiger partial charge in [-0.2, -0.15) is 0 Å². The van der Waals surface area contributed by atoms with Gasteiger partial charge in [-0.05, 0) is 43.7 Å². The third-order valence-corrected chi connectivity index (χ3v) is 4.87. The molecule has 1 aliphatic carbocycles. The first kappa shape index (κ1) is 14.6. The Labute approximate surface area is 126 Å². The molecule has 1 saturated carbocycles. The molecule has 2 aliphatic rings. The van der Waals surface area contributed by atoms with Crippen molar-refractivity contribution in [3.05, 3.63) is 35.4 Å². The van der Waals surface area contributed by atoms with Crippen LogP contribution in [0.3, 0.4) is 0 Å². The lowest BCUT2D eigenvalue weighted by molar-refractivity contribution is -0.144. The first-order valence-electron chi connectivity index (χ1n) is 8.10. The molecule has 1 aromatic carbocycles. The molecule has 21 heavy (non-hydrogen) atoms. The van der Waals surface area contributed by atoms with Crippen LogP contribution >= 0.6 is 0 Å². The van der Waals surface area contributed by atoms with E-state index in [4.69, 9.17) is 9.47 Å². The summed E-state index contributed by atoms with van der Waals surface area (Å²) in [7, 11) is 0. The van der Waals surface area contributed by atoms with Crippen molar-refractivity contribution in [1.82, 2.24) is 0 Å². The van der Waals surface area contributed by atoms with Crippen molar-refractivity contribution in [2.45, 2.75) is 63.6 Å². The predicted octanol–water partition coefficient (Wildman–Crippen LogP) is 3.91. The van der Waals surface area contributed by atoms with E-state index in [9.17, 15) is 4.79 Å². The molecule has 3 heteroatoms. The number of carbonyl (C=O) groups is 1. The van der Waals surface area contributed by atoms with Crippen molar-refractivity contribution in [3.63, 3.8) is 0 Å². The summed E-state index contributed by atoms with van der Waals surface area (Å²) in [6.45, 7) is 4.18. The summed E-state index contributed by atoms with van der Waals surface area (Å²) in [6, 6.07) is 8.65. The van der Waals surface area contributed by atoms with Crippen LogP contribution in [0.4, 0.5) is 0 Å². The van der Waals surface area contributed by atoms with E-state index in [-0.39, 0.29) is 5.97 Å². The minimum Gasteiger partial charge on any atom is -0.464 e. The van der Waals surface area contributed by atoms with Crippen LogP contribution in [0.2, 0.25) is 0 Å². The van der Waals surface area contributed by atoms with Crippen molar-refractivity contribution < 1.29 is 14.3 Å². The van der Waals surface area contributed by atoms with Gasteiger partial charge in [-0.15, -0.1) is 0 Å². The van der Waals surface area contributed by atoms with Gasteiger partial charge in [0.25, 0.3) is 0 Å². The molecule has 2 unspecified atom stereocenters. The first-order chi connectivity index (χ1) is 10.1. The fraction of sp³-hybridized carbons (Fsp3) is 0.611. The van der Waals surface area contributed by atoms with E-state index in [1.165, 1.54) is 37.7 Å². The summed E-state index contributed by atoms with van der Waals surface area (Å²) >= 11 is 0. The van der Waals surface area contributed by atoms with Gasteiger partial charge in [0, 0.05) is 0 Å². The zero-order chi connectivity index (χ0) is 14.9. The van der Waals surface area contributed by atoms with Gasteiger partial charge < -0.3 is 9.47 Å². The van der Waals surface area contributed by atoms with Crippen molar-refractivity contribution in [2.24, 2.45) is 0 Å². The molecule has 0 N–H and O–H groups in total. The lowest BCUT2D eigenvalue weighted by Crippen LogP contribution is -2.18. The Morgan fingerprint density at radius 3 is 2.52 bits per heavy atom. The van der Waals surface area contributed by atoms with Crippen LogP contribution in [-0.4, -0.2) is 18.7 Å². The van der Waals surface area contributed by atoms with Crippen molar-refractivity contribution in [3.8, 4) is 0 Å². The predicted molar refractivity (Wildman–Crippen MR) is 81.1 cm³/mol. The monoisotopic (exact) mass is 288 g/mol. The molecular formula is C18H24O3. The van der Waals surface area contributed by atoms with Crippen LogP contribution in [0, 0.1) is 0 Å². The van der Waals surface area contributed by atoms with E-state index in [1.54, 1.807) is 0 Å². The molecule has 1 saturated heterocycles. The molecule has 0 aromatic heterocycles. The molecule has 0 spiro atoms. The average Bonchev–Trinajstić information content (AvgIpc) is 3.22. The molecule has 2 atom stereocenters. The molecule has 0 radical (unpaired) electrons. The standard InChI is InChI=1S/C18H24O3/c1-3-20-17(19)16-18(2,21-16)15-11-9-14(10-12-15)13-7-5-4-6-8-13/h9-13,16H,3-8H2,1-2H3. The second-order valence-corrected chi connectivity index (χ2v) is 6.31. The Morgan fingerprint density at radius 1 is 1.24 bits per heavy atom. The molecule has 1 heterocycles. The van der Waals surface area contributed by atoms with Crippen molar-refractivity contribution >= 4 is 5.97 Å². The second-order valence-electron chi connectivity index (χ2n) is 6.31. The molecule has 0 amide bonds. The van der Waals surface area contributed by atoms with E-state index in [0.29, 0.717) is 12.5 Å². The molecule has 1 aliphatic heterocycles. The Bertz CT molecular complexity index is 502. The lowest BCUT2D eigenvalue weighted by atomic mass is 9.83. The molecule has 114 valence electrons. The third-order valence-electron chi connectivity index (χ3n) is 4.87. The van der Waals surface area contributed by atoms with E-state index >= 15 is 0 Å².